The molecule has 1 aliphatic heterocycles. The van der Waals surface area contributed by atoms with E-state index >= 15 is 0 Å². The van der Waals surface area contributed by atoms with Crippen LogP contribution in [0.15, 0.2) is 12.1 Å². The fourth-order valence-corrected chi connectivity index (χ4v) is 2.81. The minimum atomic E-state index is -3.40. The number of aromatic nitrogens is 1. The molecule has 1 aromatic heterocycles. The van der Waals surface area contributed by atoms with Crippen LogP contribution in [0.2, 0.25) is 5.15 Å². The molecular weight excluding hydrogens is 238 g/mol. The second kappa shape index (κ2) is 3.62. The molecule has 0 N–H and O–H groups in total. The average Bonchev–Trinajstić information content (AvgIpc) is 2.42. The van der Waals surface area contributed by atoms with E-state index in [-0.39, 0.29) is 5.15 Å². The molecule has 0 atom stereocenters. The van der Waals surface area contributed by atoms with Crippen LogP contribution in [0.1, 0.15) is 0 Å². The van der Waals surface area contributed by atoms with E-state index in [0.29, 0.717) is 18.9 Å². The quantitative estimate of drug-likeness (QED) is 0.680. The Morgan fingerprint density at radius 3 is 2.80 bits per heavy atom. The first-order chi connectivity index (χ1) is 7.01. The van der Waals surface area contributed by atoms with Crippen LogP contribution < -0.4 is 4.31 Å². The maximum atomic E-state index is 11.8. The lowest BCUT2D eigenvalue weighted by Crippen LogP contribution is -2.31. The Kier molecular flexibility index (Phi) is 2.57. The monoisotopic (exact) mass is 246 g/mol. The zero-order chi connectivity index (χ0) is 11.1. The predicted octanol–water partition coefficient (Wildman–Crippen LogP) is 0.532. The highest BCUT2D eigenvalue weighted by atomic mass is 35.5. The molecule has 1 aliphatic rings. The Morgan fingerprint density at radius 1 is 1.53 bits per heavy atom. The van der Waals surface area contributed by atoms with Crippen LogP contribution in [0.25, 0.3) is 0 Å². The summed E-state index contributed by atoms with van der Waals surface area (Å²) in [6.07, 6.45) is 0. The number of nitrogens with zero attached hydrogens (tertiary/aromatic N) is 3. The first kappa shape index (κ1) is 10.7. The molecule has 0 bridgehead atoms. The Morgan fingerprint density at radius 2 is 2.27 bits per heavy atom. The Hall–Kier alpha value is -0.850. The summed E-state index contributed by atoms with van der Waals surface area (Å²) in [6.45, 7) is 0.854. The van der Waals surface area contributed by atoms with Gasteiger partial charge in [-0.15, -0.1) is 0 Å². The van der Waals surface area contributed by atoms with Crippen LogP contribution in [0.4, 0.5) is 5.82 Å². The molecule has 0 amide bonds. The van der Waals surface area contributed by atoms with Gasteiger partial charge < -0.3 is 0 Å². The van der Waals surface area contributed by atoms with Gasteiger partial charge in [0.25, 0.3) is 0 Å². The van der Waals surface area contributed by atoms with Gasteiger partial charge in [-0.05, 0) is 12.1 Å². The molecule has 0 spiro atoms. The highest BCUT2D eigenvalue weighted by Gasteiger charge is 2.34. The van der Waals surface area contributed by atoms with Crippen molar-refractivity contribution in [1.29, 1.82) is 0 Å². The van der Waals surface area contributed by atoms with Crippen molar-refractivity contribution in [2.45, 2.75) is 0 Å². The summed E-state index contributed by atoms with van der Waals surface area (Å²) >= 11 is 5.65. The molecule has 81 valence electrons. The van der Waals surface area contributed by atoms with Crippen LogP contribution in [-0.2, 0) is 10.2 Å². The number of rotatable bonds is 1. The SMILES string of the molecule is CN1CCN(c2cc[c]c(Cl)n2)S1(=O)=O. The van der Waals surface area contributed by atoms with Gasteiger partial charge in [-0.1, -0.05) is 11.6 Å². The van der Waals surface area contributed by atoms with Crippen LogP contribution in [0.5, 0.6) is 0 Å². The highest BCUT2D eigenvalue weighted by Crippen LogP contribution is 2.22. The minimum absolute atomic E-state index is 0.164. The molecule has 0 saturated carbocycles. The van der Waals surface area contributed by atoms with Gasteiger partial charge in [0.2, 0.25) is 0 Å². The minimum Gasteiger partial charge on any atom is -0.240 e. The third-order valence-electron chi connectivity index (χ3n) is 2.19. The number of pyridine rings is 1. The van der Waals surface area contributed by atoms with E-state index in [1.807, 2.05) is 0 Å². The Labute approximate surface area is 93.5 Å². The normalized spacial score (nSPS) is 20.8. The van der Waals surface area contributed by atoms with Gasteiger partial charge in [0.1, 0.15) is 11.0 Å². The van der Waals surface area contributed by atoms with Gasteiger partial charge >= 0.3 is 10.2 Å². The van der Waals surface area contributed by atoms with Crippen LogP contribution >= 0.6 is 11.6 Å². The van der Waals surface area contributed by atoms with E-state index in [4.69, 9.17) is 11.6 Å². The van der Waals surface area contributed by atoms with E-state index < -0.39 is 10.2 Å². The summed E-state index contributed by atoms with van der Waals surface area (Å²) in [6, 6.07) is 5.78. The van der Waals surface area contributed by atoms with E-state index in [9.17, 15) is 8.42 Å². The van der Waals surface area contributed by atoms with Gasteiger partial charge in [0, 0.05) is 19.7 Å². The zero-order valence-electron chi connectivity index (χ0n) is 8.01. The van der Waals surface area contributed by atoms with E-state index in [0.717, 1.165) is 0 Å². The Balaban J connectivity index is 2.41. The molecule has 2 heterocycles. The van der Waals surface area contributed by atoms with E-state index in [1.54, 1.807) is 12.1 Å². The van der Waals surface area contributed by atoms with Crippen molar-refractivity contribution in [2.75, 3.05) is 24.4 Å². The smallest absolute Gasteiger partial charge is 0.240 e. The van der Waals surface area contributed by atoms with Gasteiger partial charge in [-0.2, -0.15) is 12.7 Å². The standard InChI is InChI=1S/C8H9ClN3O2S/c1-11-5-6-12(15(11,13)14)8-4-2-3-7(9)10-8/h2,4H,5-6H2,1H3. The van der Waals surface area contributed by atoms with Crippen molar-refractivity contribution in [3.63, 3.8) is 0 Å². The third-order valence-corrected chi connectivity index (χ3v) is 4.28. The number of hydrogen-bond acceptors (Lipinski definition) is 3. The van der Waals surface area contributed by atoms with Crippen LogP contribution in [-0.4, -0.2) is 37.8 Å². The molecule has 1 aromatic rings. The van der Waals surface area contributed by atoms with E-state index in [1.165, 1.54) is 15.7 Å². The van der Waals surface area contributed by atoms with Crippen LogP contribution in [0, 0.1) is 6.07 Å². The lowest BCUT2D eigenvalue weighted by atomic mass is 10.4. The second-order valence-corrected chi connectivity index (χ2v) is 5.46. The van der Waals surface area contributed by atoms with Crippen LogP contribution in [0.3, 0.4) is 0 Å². The molecule has 5 nitrogen and oxygen atoms in total. The molecular formula is C8H9ClN3O2S. The molecule has 0 unspecified atom stereocenters. The summed E-state index contributed by atoms with van der Waals surface area (Å²) < 4.78 is 26.0. The van der Waals surface area contributed by atoms with Gasteiger partial charge in [0.05, 0.1) is 6.54 Å². The lowest BCUT2D eigenvalue weighted by molar-refractivity contribution is 0.511. The van der Waals surface area contributed by atoms with Gasteiger partial charge in [-0.25, -0.2) is 9.29 Å². The lowest BCUT2D eigenvalue weighted by Gasteiger charge is -2.16. The van der Waals surface area contributed by atoms with Crippen molar-refractivity contribution >= 4 is 27.6 Å². The fraction of sp³-hybridized carbons (Fsp3) is 0.375. The van der Waals surface area contributed by atoms with Crippen molar-refractivity contribution in [3.8, 4) is 0 Å². The summed E-state index contributed by atoms with van der Waals surface area (Å²) in [5.41, 5.74) is 0. The molecule has 0 aromatic carbocycles. The summed E-state index contributed by atoms with van der Waals surface area (Å²) in [4.78, 5) is 3.92. The number of halogens is 1. The topological polar surface area (TPSA) is 53.5 Å². The first-order valence-corrected chi connectivity index (χ1v) is 6.07. The molecule has 7 heteroatoms. The van der Waals surface area contributed by atoms with Crippen molar-refractivity contribution < 1.29 is 8.42 Å². The zero-order valence-corrected chi connectivity index (χ0v) is 9.59. The maximum absolute atomic E-state index is 11.8. The maximum Gasteiger partial charge on any atom is 0.305 e. The van der Waals surface area contributed by atoms with Crippen molar-refractivity contribution in [2.24, 2.45) is 0 Å². The summed E-state index contributed by atoms with van der Waals surface area (Å²) in [5.74, 6) is 0.336. The van der Waals surface area contributed by atoms with E-state index in [2.05, 4.69) is 11.1 Å². The van der Waals surface area contributed by atoms with Crippen molar-refractivity contribution in [1.82, 2.24) is 9.29 Å². The summed E-state index contributed by atoms with van der Waals surface area (Å²) in [5, 5.41) is 0.164. The number of hydrogen-bond donors (Lipinski definition) is 0. The third kappa shape index (κ3) is 1.80. The molecule has 1 radical (unpaired) electrons. The molecule has 1 fully saturated rings. The molecule has 15 heavy (non-hydrogen) atoms. The van der Waals surface area contributed by atoms with Crippen molar-refractivity contribution in [3.05, 3.63) is 23.4 Å². The predicted molar refractivity (Wildman–Crippen MR) is 57.0 cm³/mol. The van der Waals surface area contributed by atoms with Gasteiger partial charge in [0.15, 0.2) is 0 Å². The summed E-state index contributed by atoms with van der Waals surface area (Å²) in [7, 11) is -1.87. The largest absolute Gasteiger partial charge is 0.305 e. The average molecular weight is 247 g/mol. The molecule has 1 saturated heterocycles. The number of anilines is 1. The molecule has 0 aliphatic carbocycles. The second-order valence-electron chi connectivity index (χ2n) is 3.14. The molecule has 2 rings (SSSR count). The highest BCUT2D eigenvalue weighted by molar-refractivity contribution is 7.90. The Bertz CT molecular complexity index is 477. The fourth-order valence-electron chi connectivity index (χ4n) is 1.36. The number of likely N-dealkylation sites (N-methyl/N-ethyl adjacent to an activating group) is 1. The van der Waals surface area contributed by atoms with Gasteiger partial charge in [-0.3, -0.25) is 0 Å². The first-order valence-electron chi connectivity index (χ1n) is 4.30.